The number of hydrogen-bond donors (Lipinski definition) is 1. The first-order valence-corrected chi connectivity index (χ1v) is 13.9. The molecule has 0 bridgehead atoms. The minimum absolute atomic E-state index is 0.160. The number of pyridine rings is 1. The molecule has 1 heterocycles. The summed E-state index contributed by atoms with van der Waals surface area (Å²) in [4.78, 5) is 4.79. The molecule has 1 aromatic heterocycles. The number of ether oxygens (including phenoxy) is 1. The minimum atomic E-state index is -1.20. The van der Waals surface area contributed by atoms with Crippen LogP contribution in [0.2, 0.25) is 0 Å². The zero-order valence-electron chi connectivity index (χ0n) is 19.8. The van der Waals surface area contributed by atoms with Crippen LogP contribution in [0.1, 0.15) is 11.1 Å². The second-order valence-electron chi connectivity index (χ2n) is 8.14. The number of rotatable bonds is 10. The number of benzene rings is 3. The first-order valence-electron chi connectivity index (χ1n) is 11.4. The van der Waals surface area contributed by atoms with Crippen LogP contribution < -0.4 is 4.74 Å². The normalized spacial score (nSPS) is 12.5. The summed E-state index contributed by atoms with van der Waals surface area (Å²) in [5.74, 6) is 1.59. The fourth-order valence-electron chi connectivity index (χ4n) is 3.75. The molecule has 7 heteroatoms. The summed E-state index contributed by atoms with van der Waals surface area (Å²) in [5.41, 5.74) is 4.75. The molecule has 36 heavy (non-hydrogen) atoms. The summed E-state index contributed by atoms with van der Waals surface area (Å²) < 4.78 is 17.8. The highest BCUT2D eigenvalue weighted by molar-refractivity contribution is 7.99. The summed E-state index contributed by atoms with van der Waals surface area (Å²) in [6, 6.07) is 31.2. The highest BCUT2D eigenvalue weighted by Crippen LogP contribution is 2.34. The van der Waals surface area contributed by atoms with Gasteiger partial charge in [-0.05, 0) is 41.5 Å². The quantitative estimate of drug-likeness (QED) is 0.274. The third-order valence-electron chi connectivity index (χ3n) is 5.53. The van der Waals surface area contributed by atoms with Gasteiger partial charge in [-0.3, -0.25) is 4.21 Å². The SMILES string of the molecule is COc1ccc(-c2cc(-c3ccccc3)c(C#N)c(SC[C@@H](O)C[S@@](=O)Cc3ccccc3)n2)cc1. The maximum atomic E-state index is 12.6. The summed E-state index contributed by atoms with van der Waals surface area (Å²) in [7, 11) is 0.422. The Hall–Kier alpha value is -3.44. The minimum Gasteiger partial charge on any atom is -0.497 e. The summed E-state index contributed by atoms with van der Waals surface area (Å²) in [6.45, 7) is 0. The summed E-state index contributed by atoms with van der Waals surface area (Å²) >= 11 is 1.31. The molecule has 0 radical (unpaired) electrons. The van der Waals surface area contributed by atoms with Crippen LogP contribution in [0.25, 0.3) is 22.4 Å². The van der Waals surface area contributed by atoms with Crippen LogP contribution in [0.15, 0.2) is 96.0 Å². The number of nitrogens with zero attached hydrogens (tertiary/aromatic N) is 2. The van der Waals surface area contributed by atoms with Gasteiger partial charge in [0.15, 0.2) is 0 Å². The first-order chi connectivity index (χ1) is 17.6. The van der Waals surface area contributed by atoms with Gasteiger partial charge in [-0.2, -0.15) is 5.26 Å². The van der Waals surface area contributed by atoms with Crippen LogP contribution >= 0.6 is 11.8 Å². The molecule has 0 aliphatic heterocycles. The van der Waals surface area contributed by atoms with E-state index in [1.54, 1.807) is 7.11 Å². The number of methoxy groups -OCH3 is 1. The lowest BCUT2D eigenvalue weighted by Gasteiger charge is -2.14. The highest BCUT2D eigenvalue weighted by atomic mass is 32.2. The van der Waals surface area contributed by atoms with E-state index in [9.17, 15) is 14.6 Å². The van der Waals surface area contributed by atoms with Gasteiger partial charge in [0, 0.05) is 33.4 Å². The van der Waals surface area contributed by atoms with Crippen LogP contribution in [0, 0.1) is 11.3 Å². The predicted octanol–water partition coefficient (Wildman–Crippen LogP) is 5.70. The van der Waals surface area contributed by atoms with E-state index in [1.807, 2.05) is 91.0 Å². The molecule has 3 aromatic carbocycles. The van der Waals surface area contributed by atoms with Gasteiger partial charge in [0.1, 0.15) is 16.8 Å². The molecule has 4 aromatic rings. The van der Waals surface area contributed by atoms with Gasteiger partial charge >= 0.3 is 0 Å². The van der Waals surface area contributed by atoms with Crippen LogP contribution in [0.3, 0.4) is 0 Å². The van der Waals surface area contributed by atoms with Gasteiger partial charge in [-0.25, -0.2) is 4.98 Å². The Kier molecular flexibility index (Phi) is 8.90. The molecular weight excluding hydrogens is 488 g/mol. The van der Waals surface area contributed by atoms with Gasteiger partial charge in [-0.1, -0.05) is 60.7 Å². The van der Waals surface area contributed by atoms with Crippen molar-refractivity contribution >= 4 is 22.6 Å². The van der Waals surface area contributed by atoms with Crippen LogP contribution in [-0.2, 0) is 16.6 Å². The maximum Gasteiger partial charge on any atom is 0.118 e. The zero-order chi connectivity index (χ0) is 25.3. The van der Waals surface area contributed by atoms with Crippen molar-refractivity contribution in [2.75, 3.05) is 18.6 Å². The predicted molar refractivity (Wildman–Crippen MR) is 146 cm³/mol. The van der Waals surface area contributed by atoms with Crippen LogP contribution in [-0.4, -0.2) is 39.0 Å². The van der Waals surface area contributed by atoms with Crippen molar-refractivity contribution in [1.82, 2.24) is 4.98 Å². The van der Waals surface area contributed by atoms with Gasteiger partial charge < -0.3 is 9.84 Å². The third kappa shape index (κ3) is 6.61. The molecule has 0 saturated carbocycles. The Morgan fingerprint density at radius 3 is 2.31 bits per heavy atom. The zero-order valence-corrected chi connectivity index (χ0v) is 21.5. The second kappa shape index (κ2) is 12.5. The van der Waals surface area contributed by atoms with Gasteiger partial charge in [0.2, 0.25) is 0 Å². The Labute approximate surface area is 218 Å². The van der Waals surface area contributed by atoms with Crippen molar-refractivity contribution in [2.24, 2.45) is 0 Å². The molecule has 0 saturated heterocycles. The fourth-order valence-corrected chi connectivity index (χ4v) is 6.06. The average Bonchev–Trinajstić information content (AvgIpc) is 2.92. The standard InChI is InChI=1S/C29H26N2O3S2/c1-34-25-14-12-23(13-15-25)28-16-26(22-10-6-3-7-11-22)27(17-30)29(31-28)35-18-24(32)20-36(33)19-21-8-4-2-5-9-21/h2-16,24,32H,18-20H2,1H3/t24-,36+/m1/s1. The molecular formula is C29H26N2O3S2. The Balaban J connectivity index is 1.58. The lowest BCUT2D eigenvalue weighted by Crippen LogP contribution is -2.20. The number of hydrogen-bond acceptors (Lipinski definition) is 6. The van der Waals surface area contributed by atoms with E-state index in [2.05, 4.69) is 6.07 Å². The van der Waals surface area contributed by atoms with Crippen molar-refractivity contribution in [3.8, 4) is 34.2 Å². The second-order valence-corrected chi connectivity index (χ2v) is 10.7. The Morgan fingerprint density at radius 2 is 1.67 bits per heavy atom. The molecule has 0 spiro atoms. The van der Waals surface area contributed by atoms with E-state index in [1.165, 1.54) is 11.8 Å². The lowest BCUT2D eigenvalue weighted by molar-refractivity contribution is 0.224. The molecule has 4 rings (SSSR count). The van der Waals surface area contributed by atoms with Crippen LogP contribution in [0.5, 0.6) is 5.75 Å². The topological polar surface area (TPSA) is 83.2 Å². The molecule has 0 fully saturated rings. The first kappa shape index (κ1) is 25.6. The Morgan fingerprint density at radius 1 is 1.00 bits per heavy atom. The van der Waals surface area contributed by atoms with Gasteiger partial charge in [0.25, 0.3) is 0 Å². The Bertz CT molecular complexity index is 1360. The van der Waals surface area contributed by atoms with Crippen molar-refractivity contribution in [3.05, 3.63) is 102 Å². The average molecular weight is 515 g/mol. The molecule has 182 valence electrons. The van der Waals surface area contributed by atoms with Crippen molar-refractivity contribution in [3.63, 3.8) is 0 Å². The molecule has 0 aliphatic carbocycles. The van der Waals surface area contributed by atoms with E-state index in [-0.39, 0.29) is 11.5 Å². The monoisotopic (exact) mass is 514 g/mol. The van der Waals surface area contributed by atoms with Crippen molar-refractivity contribution in [1.29, 1.82) is 5.26 Å². The maximum absolute atomic E-state index is 12.6. The van der Waals surface area contributed by atoms with E-state index < -0.39 is 16.9 Å². The molecule has 2 atom stereocenters. The number of nitriles is 1. The summed E-state index contributed by atoms with van der Waals surface area (Å²) in [6.07, 6.45) is -0.794. The smallest absolute Gasteiger partial charge is 0.118 e. The molecule has 0 amide bonds. The largest absolute Gasteiger partial charge is 0.497 e. The third-order valence-corrected chi connectivity index (χ3v) is 8.06. The number of aromatic nitrogens is 1. The molecule has 1 N–H and O–H groups in total. The van der Waals surface area contributed by atoms with E-state index in [0.717, 1.165) is 33.7 Å². The van der Waals surface area contributed by atoms with Gasteiger partial charge in [0.05, 0.1) is 30.2 Å². The summed E-state index contributed by atoms with van der Waals surface area (Å²) in [5, 5.41) is 21.2. The van der Waals surface area contributed by atoms with Crippen molar-refractivity contribution in [2.45, 2.75) is 16.9 Å². The molecule has 0 aliphatic rings. The lowest BCUT2D eigenvalue weighted by atomic mass is 9.99. The van der Waals surface area contributed by atoms with Gasteiger partial charge in [-0.15, -0.1) is 11.8 Å². The van der Waals surface area contributed by atoms with E-state index >= 15 is 0 Å². The van der Waals surface area contributed by atoms with E-state index in [4.69, 9.17) is 9.72 Å². The van der Waals surface area contributed by atoms with E-state index in [0.29, 0.717) is 16.3 Å². The molecule has 5 nitrogen and oxygen atoms in total. The van der Waals surface area contributed by atoms with Crippen LogP contribution in [0.4, 0.5) is 0 Å². The number of thioether (sulfide) groups is 1. The number of aliphatic hydroxyl groups excluding tert-OH is 1. The fraction of sp³-hybridized carbons (Fsp3) is 0.172. The molecule has 0 unspecified atom stereocenters. The van der Waals surface area contributed by atoms with Crippen molar-refractivity contribution < 1.29 is 14.1 Å². The number of aliphatic hydroxyl groups is 1. The highest BCUT2D eigenvalue weighted by Gasteiger charge is 2.18.